The van der Waals surface area contributed by atoms with E-state index in [4.69, 9.17) is 0 Å². The van der Waals surface area contributed by atoms with Gasteiger partial charge in [0.25, 0.3) is 0 Å². The summed E-state index contributed by atoms with van der Waals surface area (Å²) < 4.78 is 39.1. The molecule has 0 aromatic heterocycles. The van der Waals surface area contributed by atoms with Crippen LogP contribution in [0.4, 0.5) is 13.2 Å². The molecule has 0 aromatic carbocycles. The van der Waals surface area contributed by atoms with Gasteiger partial charge in [-0.1, -0.05) is 6.42 Å². The first-order chi connectivity index (χ1) is 8.98. The molecule has 2 aliphatic rings. The van der Waals surface area contributed by atoms with Gasteiger partial charge < -0.3 is 10.6 Å². The van der Waals surface area contributed by atoms with E-state index in [1.165, 1.54) is 4.90 Å². The Kier molecular flexibility index (Phi) is 4.67. The fourth-order valence-electron chi connectivity index (χ4n) is 2.46. The van der Waals surface area contributed by atoms with Crippen molar-refractivity contribution in [2.75, 3.05) is 32.7 Å². The van der Waals surface area contributed by atoms with Crippen LogP contribution >= 0.6 is 0 Å². The highest BCUT2D eigenvalue weighted by Crippen LogP contribution is 2.27. The van der Waals surface area contributed by atoms with Gasteiger partial charge in [-0.15, -0.1) is 0 Å². The van der Waals surface area contributed by atoms with Crippen molar-refractivity contribution < 1.29 is 18.0 Å². The molecule has 1 aliphatic carbocycles. The first kappa shape index (κ1) is 14.6. The number of halogens is 3. The van der Waals surface area contributed by atoms with Crippen molar-refractivity contribution in [2.24, 2.45) is 5.92 Å². The normalized spacial score (nSPS) is 23.7. The number of rotatable bonds is 4. The van der Waals surface area contributed by atoms with Gasteiger partial charge >= 0.3 is 6.18 Å². The predicted octanol–water partition coefficient (Wildman–Crippen LogP) is 0.739. The first-order valence-corrected chi connectivity index (χ1v) is 6.77. The lowest BCUT2D eigenvalue weighted by molar-refractivity contribution is -0.184. The third kappa shape index (κ3) is 3.82. The average Bonchev–Trinajstić information content (AvgIpc) is 2.26. The van der Waals surface area contributed by atoms with Gasteiger partial charge in [-0.2, -0.15) is 13.2 Å². The summed E-state index contributed by atoms with van der Waals surface area (Å²) >= 11 is 0. The van der Waals surface area contributed by atoms with Gasteiger partial charge in [-0.25, -0.2) is 0 Å². The Labute approximate surface area is 110 Å². The van der Waals surface area contributed by atoms with Gasteiger partial charge in [0.1, 0.15) is 6.04 Å². The van der Waals surface area contributed by atoms with Crippen molar-refractivity contribution in [1.82, 2.24) is 15.5 Å². The number of alkyl halides is 3. The van der Waals surface area contributed by atoms with Crippen LogP contribution in [0.2, 0.25) is 0 Å². The molecule has 0 spiro atoms. The summed E-state index contributed by atoms with van der Waals surface area (Å²) in [5.74, 6) is -0.299. The second kappa shape index (κ2) is 6.09. The molecule has 0 bridgehead atoms. The van der Waals surface area contributed by atoms with Crippen molar-refractivity contribution in [3.63, 3.8) is 0 Å². The van der Waals surface area contributed by atoms with Crippen molar-refractivity contribution >= 4 is 5.91 Å². The summed E-state index contributed by atoms with van der Waals surface area (Å²) in [5.41, 5.74) is 0. The molecule has 2 fully saturated rings. The van der Waals surface area contributed by atoms with Crippen LogP contribution in [0.5, 0.6) is 0 Å². The van der Waals surface area contributed by atoms with Crippen molar-refractivity contribution in [3.05, 3.63) is 0 Å². The molecule has 2 rings (SSSR count). The Morgan fingerprint density at radius 3 is 2.42 bits per heavy atom. The zero-order valence-corrected chi connectivity index (χ0v) is 10.8. The fraction of sp³-hybridized carbons (Fsp3) is 0.917. The third-order valence-corrected chi connectivity index (χ3v) is 3.92. The summed E-state index contributed by atoms with van der Waals surface area (Å²) in [6.45, 7) is 1.51. The second-order valence-electron chi connectivity index (χ2n) is 5.22. The maximum atomic E-state index is 13.0. The standard InChI is InChI=1S/C12H20F3N3O/c13-12(14,15)10(18-6-4-16-5-7-18)8-17-11(19)9-2-1-3-9/h9-10,16H,1-8H2,(H,17,19). The quantitative estimate of drug-likeness (QED) is 0.798. The molecular formula is C12H20F3N3O. The molecule has 0 radical (unpaired) electrons. The highest BCUT2D eigenvalue weighted by atomic mass is 19.4. The number of carbonyl (C=O) groups excluding carboxylic acids is 1. The Morgan fingerprint density at radius 2 is 1.95 bits per heavy atom. The molecular weight excluding hydrogens is 259 g/mol. The minimum atomic E-state index is -4.30. The molecule has 19 heavy (non-hydrogen) atoms. The largest absolute Gasteiger partial charge is 0.405 e. The number of amides is 1. The van der Waals surface area contributed by atoms with E-state index >= 15 is 0 Å². The monoisotopic (exact) mass is 279 g/mol. The highest BCUT2D eigenvalue weighted by molar-refractivity contribution is 5.79. The van der Waals surface area contributed by atoms with Crippen LogP contribution in [-0.4, -0.2) is 55.7 Å². The van der Waals surface area contributed by atoms with Gasteiger partial charge in [0.05, 0.1) is 0 Å². The smallest absolute Gasteiger partial charge is 0.354 e. The van der Waals surface area contributed by atoms with Gasteiger partial charge in [-0.3, -0.25) is 9.69 Å². The Balaban J connectivity index is 1.87. The summed E-state index contributed by atoms with van der Waals surface area (Å²) in [5, 5.41) is 5.49. The molecule has 1 heterocycles. The van der Waals surface area contributed by atoms with E-state index < -0.39 is 12.2 Å². The van der Waals surface area contributed by atoms with E-state index in [0.717, 1.165) is 19.3 Å². The lowest BCUT2D eigenvalue weighted by Crippen LogP contribution is -2.58. The van der Waals surface area contributed by atoms with Crippen molar-refractivity contribution in [3.8, 4) is 0 Å². The summed E-state index contributed by atoms with van der Waals surface area (Å²) in [6, 6.07) is -1.57. The summed E-state index contributed by atoms with van der Waals surface area (Å²) in [4.78, 5) is 13.0. The number of nitrogens with one attached hydrogen (secondary N) is 2. The zero-order chi connectivity index (χ0) is 13.9. The molecule has 7 heteroatoms. The average molecular weight is 279 g/mol. The van der Waals surface area contributed by atoms with Crippen LogP contribution in [0.25, 0.3) is 0 Å². The first-order valence-electron chi connectivity index (χ1n) is 6.77. The maximum absolute atomic E-state index is 13.0. The predicted molar refractivity (Wildman–Crippen MR) is 64.6 cm³/mol. The summed E-state index contributed by atoms with van der Waals surface area (Å²) in [7, 11) is 0. The fourth-order valence-corrected chi connectivity index (χ4v) is 2.46. The van der Waals surface area contributed by atoms with E-state index in [1.54, 1.807) is 0 Å². The molecule has 1 amide bonds. The lowest BCUT2D eigenvalue weighted by atomic mass is 9.85. The molecule has 0 aromatic rings. The maximum Gasteiger partial charge on any atom is 0.405 e. The number of nitrogens with zero attached hydrogens (tertiary/aromatic N) is 1. The van der Waals surface area contributed by atoms with Gasteiger partial charge in [-0.05, 0) is 12.8 Å². The molecule has 1 atom stereocenters. The Hall–Kier alpha value is -0.820. The number of hydrogen-bond acceptors (Lipinski definition) is 3. The van der Waals surface area contributed by atoms with Crippen LogP contribution < -0.4 is 10.6 Å². The molecule has 110 valence electrons. The van der Waals surface area contributed by atoms with E-state index in [0.29, 0.717) is 26.2 Å². The van der Waals surface area contributed by atoms with Gasteiger partial charge in [0.15, 0.2) is 0 Å². The van der Waals surface area contributed by atoms with Crippen LogP contribution in [0, 0.1) is 5.92 Å². The van der Waals surface area contributed by atoms with Crippen LogP contribution in [0.15, 0.2) is 0 Å². The molecule has 1 saturated heterocycles. The number of hydrogen-bond donors (Lipinski definition) is 2. The Morgan fingerprint density at radius 1 is 1.32 bits per heavy atom. The molecule has 1 unspecified atom stereocenters. The van der Waals surface area contributed by atoms with E-state index in [1.807, 2.05) is 0 Å². The van der Waals surface area contributed by atoms with Crippen molar-refractivity contribution in [2.45, 2.75) is 31.5 Å². The third-order valence-electron chi connectivity index (χ3n) is 3.92. The molecule has 1 aliphatic heterocycles. The topological polar surface area (TPSA) is 44.4 Å². The van der Waals surface area contributed by atoms with E-state index in [9.17, 15) is 18.0 Å². The molecule has 4 nitrogen and oxygen atoms in total. The second-order valence-corrected chi connectivity index (χ2v) is 5.22. The lowest BCUT2D eigenvalue weighted by Gasteiger charge is -2.36. The Bertz CT molecular complexity index is 312. The SMILES string of the molecule is O=C(NCC(N1CCNCC1)C(F)(F)F)C1CCC1. The van der Waals surface area contributed by atoms with Gasteiger partial charge in [0.2, 0.25) is 5.91 Å². The van der Waals surface area contributed by atoms with E-state index in [2.05, 4.69) is 10.6 Å². The highest BCUT2D eigenvalue weighted by Gasteiger charge is 2.44. The number of carbonyl (C=O) groups is 1. The van der Waals surface area contributed by atoms with Crippen molar-refractivity contribution in [1.29, 1.82) is 0 Å². The molecule has 1 saturated carbocycles. The summed E-state index contributed by atoms with van der Waals surface area (Å²) in [6.07, 6.45) is -1.70. The van der Waals surface area contributed by atoms with Crippen LogP contribution in [0.1, 0.15) is 19.3 Å². The zero-order valence-electron chi connectivity index (χ0n) is 10.8. The van der Waals surface area contributed by atoms with Crippen LogP contribution in [-0.2, 0) is 4.79 Å². The minimum Gasteiger partial charge on any atom is -0.354 e. The van der Waals surface area contributed by atoms with E-state index in [-0.39, 0.29) is 18.4 Å². The van der Waals surface area contributed by atoms with Gasteiger partial charge in [0, 0.05) is 38.6 Å². The molecule has 2 N–H and O–H groups in total. The minimum absolute atomic E-state index is 0.0723. The number of piperazine rings is 1. The van der Waals surface area contributed by atoms with Crippen LogP contribution in [0.3, 0.4) is 0 Å².